The summed E-state index contributed by atoms with van der Waals surface area (Å²) in [7, 11) is 3.65. The highest BCUT2D eigenvalue weighted by molar-refractivity contribution is 4.69. The molecule has 0 aliphatic heterocycles. The Bertz CT molecular complexity index is 132. The SMILES string of the molecule is CN(C)CC(C)(C)[N+](=O)[O-]. The Morgan fingerprint density at radius 2 is 1.90 bits per heavy atom. The summed E-state index contributed by atoms with van der Waals surface area (Å²) in [5.74, 6) is 0. The van der Waals surface area contributed by atoms with Crippen molar-refractivity contribution in [2.75, 3.05) is 20.6 Å². The molecular formula is C6H14N2O2. The van der Waals surface area contributed by atoms with Gasteiger partial charge in [-0.15, -0.1) is 0 Å². The van der Waals surface area contributed by atoms with Crippen LogP contribution in [0.25, 0.3) is 0 Å². The van der Waals surface area contributed by atoms with Gasteiger partial charge >= 0.3 is 0 Å². The second-order valence-electron chi connectivity index (χ2n) is 3.31. The molecule has 4 heteroatoms. The van der Waals surface area contributed by atoms with Crippen LogP contribution in [0.2, 0.25) is 0 Å². The molecule has 10 heavy (non-hydrogen) atoms. The summed E-state index contributed by atoms with van der Waals surface area (Å²) in [6.07, 6.45) is 0. The molecule has 60 valence electrons. The van der Waals surface area contributed by atoms with Gasteiger partial charge in [-0.25, -0.2) is 0 Å². The first-order valence-electron chi connectivity index (χ1n) is 3.15. The molecule has 0 amide bonds. The molecule has 0 aromatic rings. The smallest absolute Gasteiger partial charge is 0.229 e. The van der Waals surface area contributed by atoms with Crippen molar-refractivity contribution >= 4 is 0 Å². The summed E-state index contributed by atoms with van der Waals surface area (Å²) in [5, 5.41) is 10.3. The third-order valence-corrected chi connectivity index (χ3v) is 1.20. The second kappa shape index (κ2) is 2.96. The molecular weight excluding hydrogens is 132 g/mol. The number of nitrogens with zero attached hydrogens (tertiary/aromatic N) is 2. The van der Waals surface area contributed by atoms with Gasteiger partial charge in [0.1, 0.15) is 0 Å². The van der Waals surface area contributed by atoms with Gasteiger partial charge in [-0.3, -0.25) is 10.1 Å². The van der Waals surface area contributed by atoms with E-state index in [0.29, 0.717) is 6.54 Å². The van der Waals surface area contributed by atoms with Gasteiger partial charge in [0, 0.05) is 18.8 Å². The van der Waals surface area contributed by atoms with E-state index in [9.17, 15) is 10.1 Å². The Balaban J connectivity index is 4.00. The van der Waals surface area contributed by atoms with Crippen molar-refractivity contribution in [3.63, 3.8) is 0 Å². The largest absolute Gasteiger partial charge is 0.303 e. The maximum atomic E-state index is 10.3. The first-order valence-corrected chi connectivity index (χ1v) is 3.15. The summed E-state index contributed by atoms with van der Waals surface area (Å²) in [4.78, 5) is 11.9. The first kappa shape index (κ1) is 9.36. The van der Waals surface area contributed by atoms with Gasteiger partial charge in [-0.05, 0) is 14.1 Å². The van der Waals surface area contributed by atoms with Crippen molar-refractivity contribution < 1.29 is 4.92 Å². The van der Waals surface area contributed by atoms with Crippen LogP contribution in [-0.2, 0) is 0 Å². The number of hydrogen-bond donors (Lipinski definition) is 0. The van der Waals surface area contributed by atoms with Crippen LogP contribution in [0, 0.1) is 10.1 Å². The van der Waals surface area contributed by atoms with Crippen LogP contribution in [0.15, 0.2) is 0 Å². The molecule has 0 rings (SSSR count). The predicted molar refractivity (Wildman–Crippen MR) is 39.6 cm³/mol. The Kier molecular flexibility index (Phi) is 2.77. The van der Waals surface area contributed by atoms with Crippen LogP contribution in [0.1, 0.15) is 13.8 Å². The van der Waals surface area contributed by atoms with E-state index in [1.54, 1.807) is 13.8 Å². The Labute approximate surface area is 61.0 Å². The van der Waals surface area contributed by atoms with Crippen LogP contribution in [0.3, 0.4) is 0 Å². The van der Waals surface area contributed by atoms with Crippen molar-refractivity contribution in [2.45, 2.75) is 19.4 Å². The average molecular weight is 146 g/mol. The lowest BCUT2D eigenvalue weighted by atomic mass is 10.1. The van der Waals surface area contributed by atoms with E-state index in [1.807, 2.05) is 19.0 Å². The first-order chi connectivity index (χ1) is 4.36. The quantitative estimate of drug-likeness (QED) is 0.432. The molecule has 0 N–H and O–H groups in total. The van der Waals surface area contributed by atoms with Crippen LogP contribution < -0.4 is 0 Å². The molecule has 0 unspecified atom stereocenters. The summed E-state index contributed by atoms with van der Waals surface area (Å²) in [5.41, 5.74) is -0.830. The van der Waals surface area contributed by atoms with Crippen molar-refractivity contribution in [3.8, 4) is 0 Å². The molecule has 0 heterocycles. The van der Waals surface area contributed by atoms with Crippen molar-refractivity contribution in [3.05, 3.63) is 10.1 Å². The summed E-state index contributed by atoms with van der Waals surface area (Å²) in [6.45, 7) is 3.71. The fourth-order valence-electron chi connectivity index (χ4n) is 0.832. The number of rotatable bonds is 3. The highest BCUT2D eigenvalue weighted by atomic mass is 16.6. The zero-order chi connectivity index (χ0) is 8.36. The predicted octanol–water partition coefficient (Wildman–Crippen LogP) is 0.603. The molecule has 0 radical (unpaired) electrons. The Morgan fingerprint density at radius 3 is 2.00 bits per heavy atom. The van der Waals surface area contributed by atoms with E-state index < -0.39 is 5.54 Å². The van der Waals surface area contributed by atoms with Gasteiger partial charge in [-0.2, -0.15) is 0 Å². The topological polar surface area (TPSA) is 46.4 Å². The highest BCUT2D eigenvalue weighted by Crippen LogP contribution is 2.07. The summed E-state index contributed by atoms with van der Waals surface area (Å²) in [6, 6.07) is 0. The highest BCUT2D eigenvalue weighted by Gasteiger charge is 2.30. The minimum Gasteiger partial charge on any atom is -0.303 e. The van der Waals surface area contributed by atoms with E-state index in [1.165, 1.54) is 0 Å². The lowest BCUT2D eigenvalue weighted by Gasteiger charge is -2.19. The van der Waals surface area contributed by atoms with Gasteiger partial charge in [0.05, 0.1) is 6.54 Å². The molecule has 0 aromatic carbocycles. The Hall–Kier alpha value is -0.640. The monoisotopic (exact) mass is 146 g/mol. The normalized spacial score (nSPS) is 12.1. The summed E-state index contributed by atoms with van der Waals surface area (Å²) >= 11 is 0. The van der Waals surface area contributed by atoms with E-state index in [4.69, 9.17) is 0 Å². The summed E-state index contributed by atoms with van der Waals surface area (Å²) < 4.78 is 0. The van der Waals surface area contributed by atoms with Gasteiger partial charge in [0.15, 0.2) is 0 Å². The molecule has 0 aliphatic rings. The molecule has 0 spiro atoms. The molecule has 0 bridgehead atoms. The lowest BCUT2D eigenvalue weighted by molar-refractivity contribution is -0.560. The Morgan fingerprint density at radius 1 is 1.50 bits per heavy atom. The van der Waals surface area contributed by atoms with Crippen molar-refractivity contribution in [1.29, 1.82) is 0 Å². The fraction of sp³-hybridized carbons (Fsp3) is 1.00. The third kappa shape index (κ3) is 2.77. The van der Waals surface area contributed by atoms with Crippen LogP contribution in [-0.4, -0.2) is 36.0 Å². The second-order valence-corrected chi connectivity index (χ2v) is 3.31. The molecule has 0 aliphatic carbocycles. The maximum Gasteiger partial charge on any atom is 0.229 e. The number of likely N-dealkylation sites (N-methyl/N-ethyl adjacent to an activating group) is 1. The van der Waals surface area contributed by atoms with Crippen LogP contribution >= 0.6 is 0 Å². The van der Waals surface area contributed by atoms with E-state index >= 15 is 0 Å². The van der Waals surface area contributed by atoms with Crippen molar-refractivity contribution in [2.24, 2.45) is 0 Å². The number of nitro groups is 1. The van der Waals surface area contributed by atoms with Gasteiger partial charge in [0.25, 0.3) is 0 Å². The third-order valence-electron chi connectivity index (χ3n) is 1.20. The zero-order valence-electron chi connectivity index (χ0n) is 6.92. The van der Waals surface area contributed by atoms with E-state index in [0.717, 1.165) is 0 Å². The van der Waals surface area contributed by atoms with E-state index in [2.05, 4.69) is 0 Å². The molecule has 0 saturated carbocycles. The minimum absolute atomic E-state index is 0.257. The average Bonchev–Trinajstić information content (AvgIpc) is 1.60. The number of hydrogen-bond acceptors (Lipinski definition) is 3. The minimum atomic E-state index is -0.830. The zero-order valence-corrected chi connectivity index (χ0v) is 6.92. The fourth-order valence-corrected chi connectivity index (χ4v) is 0.832. The molecule has 4 nitrogen and oxygen atoms in total. The molecule has 0 atom stereocenters. The van der Waals surface area contributed by atoms with Crippen molar-refractivity contribution in [1.82, 2.24) is 4.90 Å². The van der Waals surface area contributed by atoms with Gasteiger partial charge < -0.3 is 4.90 Å². The van der Waals surface area contributed by atoms with Crippen LogP contribution in [0.5, 0.6) is 0 Å². The molecule has 0 saturated heterocycles. The maximum absolute atomic E-state index is 10.3. The standard InChI is InChI=1S/C6H14N2O2/c1-6(2,8(9)10)5-7(3)4/h5H2,1-4H3. The van der Waals surface area contributed by atoms with Crippen LogP contribution in [0.4, 0.5) is 0 Å². The van der Waals surface area contributed by atoms with Gasteiger partial charge in [0.2, 0.25) is 5.54 Å². The molecule has 0 fully saturated rings. The van der Waals surface area contributed by atoms with E-state index in [-0.39, 0.29) is 4.92 Å². The lowest BCUT2D eigenvalue weighted by Crippen LogP contribution is -2.41. The molecule has 0 aromatic heterocycles. The van der Waals surface area contributed by atoms with Gasteiger partial charge in [-0.1, -0.05) is 0 Å².